The first-order valence-electron chi connectivity index (χ1n) is 12.3. The van der Waals surface area contributed by atoms with E-state index in [1.54, 1.807) is 6.07 Å². The second kappa shape index (κ2) is 11.9. The third-order valence-corrected chi connectivity index (χ3v) is 6.99. The summed E-state index contributed by atoms with van der Waals surface area (Å²) >= 11 is 0. The van der Waals surface area contributed by atoms with E-state index in [9.17, 15) is 22.4 Å². The van der Waals surface area contributed by atoms with Crippen LogP contribution in [-0.2, 0) is 0 Å². The normalized spacial score (nSPS) is 15.3. The Hall–Kier alpha value is -3.14. The largest absolute Gasteiger partial charge is 0.493 e. The van der Waals surface area contributed by atoms with Gasteiger partial charge in [-0.15, -0.1) is 0 Å². The number of benzene rings is 2. The van der Waals surface area contributed by atoms with E-state index in [1.165, 1.54) is 37.4 Å². The number of methoxy groups -OCH3 is 1. The van der Waals surface area contributed by atoms with Crippen molar-refractivity contribution in [1.82, 2.24) is 10.1 Å². The van der Waals surface area contributed by atoms with Crippen LogP contribution in [0.1, 0.15) is 41.2 Å². The van der Waals surface area contributed by atoms with E-state index in [4.69, 9.17) is 14.0 Å². The third-order valence-electron chi connectivity index (χ3n) is 6.99. The highest BCUT2D eigenvalue weighted by Gasteiger charge is 2.40. The Morgan fingerprint density at radius 3 is 2.49 bits per heavy atom. The number of carbonyl (C=O) groups excluding carboxylic acids is 1. The molecule has 0 amide bonds. The van der Waals surface area contributed by atoms with Gasteiger partial charge in [0.2, 0.25) is 0 Å². The molecule has 1 fully saturated rings. The van der Waals surface area contributed by atoms with E-state index < -0.39 is 31.2 Å². The van der Waals surface area contributed by atoms with Crippen LogP contribution < -0.4 is 9.47 Å². The van der Waals surface area contributed by atoms with Gasteiger partial charge in [-0.3, -0.25) is 4.79 Å². The predicted octanol–water partition coefficient (Wildman–Crippen LogP) is 5.70. The minimum absolute atomic E-state index is 0.0370. The summed E-state index contributed by atoms with van der Waals surface area (Å²) in [6.07, 6.45) is 2.58. The van der Waals surface area contributed by atoms with Crippen molar-refractivity contribution < 1.29 is 36.4 Å². The summed E-state index contributed by atoms with van der Waals surface area (Å²) in [5.41, 5.74) is -1.01. The lowest BCUT2D eigenvalue weighted by Gasteiger charge is -2.31. The van der Waals surface area contributed by atoms with Crippen molar-refractivity contribution in [2.24, 2.45) is 5.41 Å². The summed E-state index contributed by atoms with van der Waals surface area (Å²) < 4.78 is 69.6. The molecular formula is C27H30F4N2O4. The molecule has 0 bridgehead atoms. The van der Waals surface area contributed by atoms with Gasteiger partial charge in [0.25, 0.3) is 0 Å². The van der Waals surface area contributed by atoms with Crippen LogP contribution in [0.15, 0.2) is 40.9 Å². The molecule has 10 heteroatoms. The molecule has 3 aromatic rings. The molecule has 1 aliphatic rings. The van der Waals surface area contributed by atoms with Crippen LogP contribution in [0.2, 0.25) is 0 Å². The van der Waals surface area contributed by atoms with Gasteiger partial charge in [0.1, 0.15) is 31.3 Å². The van der Waals surface area contributed by atoms with Gasteiger partial charge < -0.3 is 18.9 Å². The van der Waals surface area contributed by atoms with E-state index in [0.29, 0.717) is 17.9 Å². The van der Waals surface area contributed by atoms with Crippen molar-refractivity contribution in [1.29, 1.82) is 0 Å². The Balaban J connectivity index is 1.26. The monoisotopic (exact) mass is 522 g/mol. The smallest absolute Gasteiger partial charge is 0.177 e. The third kappa shape index (κ3) is 5.74. The topological polar surface area (TPSA) is 64.8 Å². The average molecular weight is 523 g/mol. The molecule has 1 saturated heterocycles. The Bertz CT molecular complexity index is 1200. The fourth-order valence-electron chi connectivity index (χ4n) is 4.65. The molecule has 6 nitrogen and oxygen atoms in total. The Labute approximate surface area is 212 Å². The maximum atomic E-state index is 13.4. The van der Waals surface area contributed by atoms with Crippen molar-refractivity contribution in [2.75, 3.05) is 53.4 Å². The van der Waals surface area contributed by atoms with Gasteiger partial charge in [0.15, 0.2) is 22.9 Å². The number of nitrogens with zero attached hydrogens (tertiary/aromatic N) is 2. The lowest BCUT2D eigenvalue weighted by molar-refractivity contribution is 0.0599. The van der Waals surface area contributed by atoms with Crippen molar-refractivity contribution in [3.8, 4) is 11.5 Å². The number of halogens is 4. The van der Waals surface area contributed by atoms with Gasteiger partial charge in [-0.25, -0.2) is 17.6 Å². The Morgan fingerprint density at radius 1 is 1.08 bits per heavy atom. The molecule has 2 aromatic carbocycles. The second-order valence-electron chi connectivity index (χ2n) is 9.40. The maximum absolute atomic E-state index is 13.4. The van der Waals surface area contributed by atoms with Crippen LogP contribution in [0, 0.1) is 11.2 Å². The molecule has 37 heavy (non-hydrogen) atoms. The number of ketones is 1. The standard InChI is InChI=1S/C27H30F4N2O4/c1-35-24-13-19(26(34)27(15-28,16-29)17-30)3-6-22(24)36-12-2-9-33-10-7-18(8-11-33)25-21-5-4-20(31)14-23(21)37-32-25/h3-6,13-14,18H,2,7-12,15-17H2,1H3. The summed E-state index contributed by atoms with van der Waals surface area (Å²) in [6, 6.07) is 8.67. The van der Waals surface area contributed by atoms with Crippen molar-refractivity contribution in [3.05, 3.63) is 53.5 Å². The highest BCUT2D eigenvalue weighted by molar-refractivity contribution is 6.01. The number of Topliss-reactive ketones (excluding diaryl/α,β-unsaturated/α-hetero) is 1. The summed E-state index contributed by atoms with van der Waals surface area (Å²) in [5.74, 6) is -0.410. The highest BCUT2D eigenvalue weighted by atomic mass is 19.2. The van der Waals surface area contributed by atoms with Crippen LogP contribution in [-0.4, -0.2) is 69.2 Å². The van der Waals surface area contributed by atoms with E-state index in [-0.39, 0.29) is 23.0 Å². The summed E-state index contributed by atoms with van der Waals surface area (Å²) in [4.78, 5) is 14.8. The first-order valence-corrected chi connectivity index (χ1v) is 12.3. The summed E-state index contributed by atoms with van der Waals surface area (Å²) in [7, 11) is 1.39. The minimum Gasteiger partial charge on any atom is -0.493 e. The molecule has 4 rings (SSSR count). The molecule has 0 N–H and O–H groups in total. The lowest BCUT2D eigenvalue weighted by atomic mass is 9.84. The van der Waals surface area contributed by atoms with Crippen LogP contribution in [0.5, 0.6) is 11.5 Å². The first-order chi connectivity index (χ1) is 17.9. The van der Waals surface area contributed by atoms with Gasteiger partial charge in [-0.05, 0) is 62.7 Å². The number of hydrogen-bond acceptors (Lipinski definition) is 6. The maximum Gasteiger partial charge on any atom is 0.177 e. The number of carbonyl (C=O) groups is 1. The lowest BCUT2D eigenvalue weighted by Crippen LogP contribution is -2.38. The molecule has 2 heterocycles. The quantitative estimate of drug-likeness (QED) is 0.173. The van der Waals surface area contributed by atoms with Crippen LogP contribution in [0.3, 0.4) is 0 Å². The van der Waals surface area contributed by atoms with Gasteiger partial charge in [0, 0.05) is 29.5 Å². The number of fused-ring (bicyclic) bond motifs is 1. The Kier molecular flexibility index (Phi) is 8.68. The molecule has 200 valence electrons. The van der Waals surface area contributed by atoms with Crippen molar-refractivity contribution >= 4 is 16.8 Å². The SMILES string of the molecule is COc1cc(C(=O)C(CF)(CF)CF)ccc1OCCCN1CCC(c2noc3cc(F)ccc23)CC1. The fourth-order valence-corrected chi connectivity index (χ4v) is 4.65. The number of aromatic nitrogens is 1. The van der Waals surface area contributed by atoms with Crippen LogP contribution in [0.25, 0.3) is 11.0 Å². The zero-order chi connectivity index (χ0) is 26.4. The summed E-state index contributed by atoms with van der Waals surface area (Å²) in [6.45, 7) is -1.28. The van der Waals surface area contributed by atoms with Crippen molar-refractivity contribution in [2.45, 2.75) is 25.2 Å². The second-order valence-corrected chi connectivity index (χ2v) is 9.40. The molecule has 1 aliphatic heterocycles. The van der Waals surface area contributed by atoms with E-state index in [2.05, 4.69) is 10.1 Å². The average Bonchev–Trinajstić information content (AvgIpc) is 3.35. The van der Waals surface area contributed by atoms with Crippen molar-refractivity contribution in [3.63, 3.8) is 0 Å². The zero-order valence-electron chi connectivity index (χ0n) is 20.7. The van der Waals surface area contributed by atoms with Crippen LogP contribution in [0.4, 0.5) is 17.6 Å². The summed E-state index contributed by atoms with van der Waals surface area (Å²) in [5, 5.41) is 5.05. The number of ether oxygens (including phenoxy) is 2. The molecule has 0 aliphatic carbocycles. The first kappa shape index (κ1) is 26.9. The van der Waals surface area contributed by atoms with Crippen LogP contribution >= 0.6 is 0 Å². The number of piperidine rings is 1. The Morgan fingerprint density at radius 2 is 1.81 bits per heavy atom. The predicted molar refractivity (Wildman–Crippen MR) is 130 cm³/mol. The number of rotatable bonds is 12. The molecule has 1 aromatic heterocycles. The van der Waals surface area contributed by atoms with Gasteiger partial charge in [0.05, 0.1) is 19.4 Å². The van der Waals surface area contributed by atoms with Gasteiger partial charge in [-0.1, -0.05) is 5.16 Å². The number of hydrogen-bond donors (Lipinski definition) is 0. The van der Waals surface area contributed by atoms with E-state index in [0.717, 1.165) is 50.0 Å². The zero-order valence-corrected chi connectivity index (χ0v) is 20.7. The highest BCUT2D eigenvalue weighted by Crippen LogP contribution is 2.34. The number of likely N-dealkylation sites (tertiary alicyclic amines) is 1. The van der Waals surface area contributed by atoms with Gasteiger partial charge in [-0.2, -0.15) is 0 Å². The molecular weight excluding hydrogens is 492 g/mol. The number of alkyl halides is 3. The molecule has 0 spiro atoms. The molecule has 0 atom stereocenters. The molecule has 0 radical (unpaired) electrons. The molecule has 0 unspecified atom stereocenters. The van der Waals surface area contributed by atoms with E-state index >= 15 is 0 Å². The minimum atomic E-state index is -2.32. The van der Waals surface area contributed by atoms with E-state index in [1.807, 2.05) is 0 Å². The molecule has 0 saturated carbocycles. The fraction of sp³-hybridized carbons (Fsp3) is 0.481. The van der Waals surface area contributed by atoms with Gasteiger partial charge >= 0.3 is 0 Å².